The van der Waals surface area contributed by atoms with Crippen molar-refractivity contribution in [2.75, 3.05) is 13.2 Å². The summed E-state index contributed by atoms with van der Waals surface area (Å²) < 4.78 is 10.9. The van der Waals surface area contributed by atoms with Crippen LogP contribution in [0.2, 0.25) is 5.02 Å². The summed E-state index contributed by atoms with van der Waals surface area (Å²) in [6, 6.07) is 15.4. The molecular weight excluding hydrogens is 378 g/mol. The topological polar surface area (TPSA) is 98.6 Å². The molecule has 1 aliphatic rings. The van der Waals surface area contributed by atoms with Crippen molar-refractivity contribution >= 4 is 17.6 Å². The Balaban J connectivity index is 1.34. The lowest BCUT2D eigenvalue weighted by Gasteiger charge is -2.26. The van der Waals surface area contributed by atoms with Crippen molar-refractivity contribution in [2.24, 2.45) is 10.7 Å². The molecular formula is C20H20ClN5O2. The van der Waals surface area contributed by atoms with Gasteiger partial charge in [0.2, 0.25) is 11.7 Å². The predicted molar refractivity (Wildman–Crippen MR) is 107 cm³/mol. The van der Waals surface area contributed by atoms with Crippen molar-refractivity contribution in [2.45, 2.75) is 18.9 Å². The zero-order valence-electron chi connectivity index (χ0n) is 15.1. The second kappa shape index (κ2) is 8.31. The number of para-hydroxylation sites is 1. The first kappa shape index (κ1) is 18.3. The fourth-order valence-corrected chi connectivity index (χ4v) is 3.28. The number of rotatable bonds is 5. The quantitative estimate of drug-likeness (QED) is 0.506. The summed E-state index contributed by atoms with van der Waals surface area (Å²) in [7, 11) is 0. The van der Waals surface area contributed by atoms with Crippen LogP contribution in [0.1, 0.15) is 23.9 Å². The number of hydrogen-bond acceptors (Lipinski definition) is 5. The van der Waals surface area contributed by atoms with Crippen LogP contribution in [0.25, 0.3) is 11.4 Å². The van der Waals surface area contributed by atoms with Crippen molar-refractivity contribution in [3.05, 3.63) is 65.0 Å². The predicted octanol–water partition coefficient (Wildman–Crippen LogP) is 3.36. The lowest BCUT2D eigenvalue weighted by atomic mass is 10.0. The molecule has 3 aromatic rings. The summed E-state index contributed by atoms with van der Waals surface area (Å²) in [5.41, 5.74) is 7.96. The molecule has 0 fully saturated rings. The highest BCUT2D eigenvalue weighted by molar-refractivity contribution is 6.30. The molecule has 2 heterocycles. The van der Waals surface area contributed by atoms with Gasteiger partial charge in [0, 0.05) is 29.0 Å². The first-order valence-electron chi connectivity index (χ1n) is 9.06. The van der Waals surface area contributed by atoms with Crippen LogP contribution in [0.4, 0.5) is 0 Å². The molecule has 3 N–H and O–H groups in total. The molecule has 0 saturated heterocycles. The summed E-state index contributed by atoms with van der Waals surface area (Å²) >= 11 is 6.00. The van der Waals surface area contributed by atoms with E-state index in [1.807, 2.05) is 36.4 Å². The van der Waals surface area contributed by atoms with Gasteiger partial charge in [-0.25, -0.2) is 0 Å². The number of ether oxygens (including phenoxy) is 1. The highest BCUT2D eigenvalue weighted by Crippen LogP contribution is 2.31. The summed E-state index contributed by atoms with van der Waals surface area (Å²) in [4.78, 5) is 8.76. The molecule has 4 rings (SSSR count). The number of nitrogens with zero attached hydrogens (tertiary/aromatic N) is 3. The number of benzene rings is 2. The number of nitrogens with two attached hydrogens (primary N) is 1. The molecule has 0 bridgehead atoms. The molecule has 0 aliphatic carbocycles. The van der Waals surface area contributed by atoms with Gasteiger partial charge in [-0.15, -0.1) is 0 Å². The summed E-state index contributed by atoms with van der Waals surface area (Å²) in [6.45, 7) is 1.09. The van der Waals surface area contributed by atoms with E-state index in [0.717, 1.165) is 23.3 Å². The van der Waals surface area contributed by atoms with Crippen molar-refractivity contribution in [3.63, 3.8) is 0 Å². The van der Waals surface area contributed by atoms with Crippen molar-refractivity contribution < 1.29 is 9.26 Å². The van der Waals surface area contributed by atoms with Crippen LogP contribution >= 0.6 is 11.6 Å². The van der Waals surface area contributed by atoms with Gasteiger partial charge in [0.15, 0.2) is 5.96 Å². The Morgan fingerprint density at radius 1 is 1.25 bits per heavy atom. The first-order chi connectivity index (χ1) is 13.7. The molecule has 28 heavy (non-hydrogen) atoms. The van der Waals surface area contributed by atoms with E-state index in [0.29, 0.717) is 42.3 Å². The minimum Gasteiger partial charge on any atom is -0.493 e. The van der Waals surface area contributed by atoms with Crippen LogP contribution in [-0.4, -0.2) is 29.3 Å². The van der Waals surface area contributed by atoms with Gasteiger partial charge < -0.3 is 20.3 Å². The smallest absolute Gasteiger partial charge is 0.228 e. The Hall–Kier alpha value is -3.06. The fraction of sp³-hybridized carbons (Fsp3) is 0.250. The number of fused-ring (bicyclic) bond motifs is 1. The Morgan fingerprint density at radius 2 is 2.14 bits per heavy atom. The first-order valence-corrected chi connectivity index (χ1v) is 9.43. The number of guanidine groups is 1. The normalized spacial score (nSPS) is 16.3. The van der Waals surface area contributed by atoms with Gasteiger partial charge in [0.25, 0.3) is 0 Å². The molecule has 0 amide bonds. The molecule has 7 nitrogen and oxygen atoms in total. The van der Waals surface area contributed by atoms with E-state index in [1.54, 1.807) is 12.1 Å². The van der Waals surface area contributed by atoms with Gasteiger partial charge >= 0.3 is 0 Å². The second-order valence-electron chi connectivity index (χ2n) is 6.41. The maximum absolute atomic E-state index is 6.06. The number of hydrogen-bond donors (Lipinski definition) is 2. The number of aliphatic imine (C=N–C) groups is 1. The van der Waals surface area contributed by atoms with E-state index in [2.05, 4.69) is 20.4 Å². The van der Waals surface area contributed by atoms with Crippen LogP contribution < -0.4 is 15.8 Å². The van der Waals surface area contributed by atoms with Crippen LogP contribution in [0.3, 0.4) is 0 Å². The molecule has 1 aliphatic heterocycles. The van der Waals surface area contributed by atoms with Gasteiger partial charge in [0.1, 0.15) is 5.75 Å². The lowest BCUT2D eigenvalue weighted by molar-refractivity contribution is 0.262. The second-order valence-corrected chi connectivity index (χ2v) is 6.85. The molecule has 0 spiro atoms. The Bertz CT molecular complexity index is 988. The van der Waals surface area contributed by atoms with E-state index in [9.17, 15) is 0 Å². The zero-order chi connectivity index (χ0) is 19.3. The molecule has 1 atom stereocenters. The minimum absolute atomic E-state index is 0.0894. The maximum atomic E-state index is 6.06. The molecule has 0 saturated carbocycles. The highest BCUT2D eigenvalue weighted by atomic mass is 35.5. The van der Waals surface area contributed by atoms with Gasteiger partial charge in [-0.05, 0) is 18.2 Å². The molecule has 8 heteroatoms. The van der Waals surface area contributed by atoms with E-state index in [4.69, 9.17) is 26.6 Å². The third-order valence-corrected chi connectivity index (χ3v) is 4.67. The lowest BCUT2D eigenvalue weighted by Crippen LogP contribution is -2.37. The number of halogens is 1. The standard InChI is InChI=1S/C20H20ClN5O2/c21-14-5-3-4-13(12-14)19-25-18(28-26-19)8-10-23-20(22)24-16-9-11-27-17-7-2-1-6-15(16)17/h1-7,12,16H,8-11H2,(H3,22,23,24). The molecule has 1 aromatic heterocycles. The van der Waals surface area contributed by atoms with Crippen LogP contribution in [0.5, 0.6) is 5.75 Å². The summed E-state index contributed by atoms with van der Waals surface area (Å²) in [6.07, 6.45) is 1.33. The Kier molecular flexibility index (Phi) is 5.43. The van der Waals surface area contributed by atoms with E-state index >= 15 is 0 Å². The van der Waals surface area contributed by atoms with Crippen molar-refractivity contribution in [1.29, 1.82) is 0 Å². The van der Waals surface area contributed by atoms with E-state index in [1.165, 1.54) is 0 Å². The highest BCUT2D eigenvalue weighted by Gasteiger charge is 2.21. The van der Waals surface area contributed by atoms with Gasteiger partial charge in [-0.2, -0.15) is 4.98 Å². The molecule has 0 radical (unpaired) electrons. The van der Waals surface area contributed by atoms with Gasteiger partial charge in [-0.1, -0.05) is 47.1 Å². The third kappa shape index (κ3) is 4.26. The zero-order valence-corrected chi connectivity index (χ0v) is 15.9. The Labute approximate surface area is 167 Å². The average Bonchev–Trinajstić information content (AvgIpc) is 3.17. The molecule has 144 valence electrons. The van der Waals surface area contributed by atoms with Crippen LogP contribution in [0, 0.1) is 0 Å². The summed E-state index contributed by atoms with van der Waals surface area (Å²) in [5, 5.41) is 7.88. The Morgan fingerprint density at radius 3 is 3.04 bits per heavy atom. The van der Waals surface area contributed by atoms with E-state index < -0.39 is 0 Å². The average molecular weight is 398 g/mol. The van der Waals surface area contributed by atoms with Crippen molar-refractivity contribution in [1.82, 2.24) is 15.5 Å². The monoisotopic (exact) mass is 397 g/mol. The summed E-state index contributed by atoms with van der Waals surface area (Å²) in [5.74, 6) is 2.28. The fourth-order valence-electron chi connectivity index (χ4n) is 3.09. The third-order valence-electron chi connectivity index (χ3n) is 4.44. The largest absolute Gasteiger partial charge is 0.493 e. The number of aromatic nitrogens is 2. The van der Waals surface area contributed by atoms with Crippen molar-refractivity contribution in [3.8, 4) is 17.1 Å². The van der Waals surface area contributed by atoms with Crippen LogP contribution in [0.15, 0.2) is 58.0 Å². The number of nitrogens with one attached hydrogen (secondary N) is 1. The van der Waals surface area contributed by atoms with Gasteiger partial charge in [0.05, 0.1) is 19.2 Å². The maximum Gasteiger partial charge on any atom is 0.228 e. The molecule has 2 aromatic carbocycles. The minimum atomic E-state index is 0.0894. The SMILES string of the molecule is NC(=NCCc1nc(-c2cccc(Cl)c2)no1)NC1CCOc2ccccc21. The van der Waals surface area contributed by atoms with Crippen LogP contribution in [-0.2, 0) is 6.42 Å². The molecule has 1 unspecified atom stereocenters. The van der Waals surface area contributed by atoms with E-state index in [-0.39, 0.29) is 6.04 Å². The van der Waals surface area contributed by atoms with Gasteiger partial charge in [-0.3, -0.25) is 4.99 Å².